The maximum Gasteiger partial charge on any atom is 0.335 e. The van der Waals surface area contributed by atoms with E-state index in [2.05, 4.69) is 5.32 Å². The fourth-order valence-corrected chi connectivity index (χ4v) is 4.72. The molecule has 0 bridgehead atoms. The Labute approximate surface area is 168 Å². The van der Waals surface area contributed by atoms with Crippen molar-refractivity contribution < 1.29 is 27.5 Å². The largest absolute Gasteiger partial charge is 0.478 e. The van der Waals surface area contributed by atoms with Crippen LogP contribution in [0.1, 0.15) is 28.8 Å². The van der Waals surface area contributed by atoms with Crippen LogP contribution in [-0.4, -0.2) is 42.8 Å². The van der Waals surface area contributed by atoms with Crippen LogP contribution < -0.4 is 5.32 Å². The Kier molecular flexibility index (Phi) is 6.29. The van der Waals surface area contributed by atoms with E-state index in [4.69, 9.17) is 5.11 Å². The Morgan fingerprint density at radius 2 is 1.69 bits per heavy atom. The summed E-state index contributed by atoms with van der Waals surface area (Å²) >= 11 is 0. The molecule has 0 spiro atoms. The topological polar surface area (TPSA) is 104 Å². The molecule has 1 heterocycles. The molecule has 7 nitrogen and oxygen atoms in total. The number of rotatable bonds is 6. The number of aromatic carboxylic acids is 1. The number of nitrogens with zero attached hydrogens (tertiary/aromatic N) is 1. The normalized spacial score (nSPS) is 15.8. The monoisotopic (exact) mass is 420 g/mol. The number of carbonyl (C=O) groups is 2. The molecule has 0 unspecified atom stereocenters. The van der Waals surface area contributed by atoms with Crippen LogP contribution >= 0.6 is 0 Å². The van der Waals surface area contributed by atoms with Crippen LogP contribution in [0.5, 0.6) is 0 Å². The molecular formula is C20H21FN2O5S. The van der Waals surface area contributed by atoms with E-state index < -0.39 is 16.0 Å². The highest BCUT2D eigenvalue weighted by atomic mass is 32.2. The van der Waals surface area contributed by atoms with Crippen molar-refractivity contribution >= 4 is 21.9 Å². The summed E-state index contributed by atoms with van der Waals surface area (Å²) in [4.78, 5) is 23.3. The number of benzene rings is 2. The van der Waals surface area contributed by atoms with E-state index in [9.17, 15) is 22.4 Å². The molecule has 1 saturated heterocycles. The highest BCUT2D eigenvalue weighted by Crippen LogP contribution is 2.24. The molecular weight excluding hydrogens is 399 g/mol. The summed E-state index contributed by atoms with van der Waals surface area (Å²) in [6.45, 7) is 0.446. The number of nitrogens with one attached hydrogen (secondary N) is 1. The second-order valence-corrected chi connectivity index (χ2v) is 8.76. The SMILES string of the molecule is O=C(O)c1ccc(S(=O)(=O)N2CCC(C(=O)NCc3ccccc3F)CC2)cc1. The number of carboxylic acid groups (broad SMARTS) is 1. The van der Waals surface area contributed by atoms with Crippen LogP contribution in [0.4, 0.5) is 4.39 Å². The highest BCUT2D eigenvalue weighted by Gasteiger charge is 2.32. The van der Waals surface area contributed by atoms with Gasteiger partial charge < -0.3 is 10.4 Å². The van der Waals surface area contributed by atoms with Crippen LogP contribution in [0.25, 0.3) is 0 Å². The molecule has 154 valence electrons. The van der Waals surface area contributed by atoms with Crippen LogP contribution in [0, 0.1) is 11.7 Å². The molecule has 0 aromatic heterocycles. The zero-order chi connectivity index (χ0) is 21.0. The third kappa shape index (κ3) is 4.80. The first-order valence-corrected chi connectivity index (χ1v) is 10.6. The predicted octanol–water partition coefficient (Wildman–Crippen LogP) is 2.24. The van der Waals surface area contributed by atoms with Crippen LogP contribution in [0.2, 0.25) is 0 Å². The van der Waals surface area contributed by atoms with Gasteiger partial charge in [0.15, 0.2) is 0 Å². The number of amides is 1. The summed E-state index contributed by atoms with van der Waals surface area (Å²) < 4.78 is 40.4. The lowest BCUT2D eigenvalue weighted by molar-refractivity contribution is -0.126. The van der Waals surface area contributed by atoms with Gasteiger partial charge in [0.1, 0.15) is 5.82 Å². The first-order valence-electron chi connectivity index (χ1n) is 9.13. The van der Waals surface area contributed by atoms with E-state index in [1.54, 1.807) is 18.2 Å². The van der Waals surface area contributed by atoms with Gasteiger partial charge in [0.05, 0.1) is 10.5 Å². The molecule has 2 N–H and O–H groups in total. The van der Waals surface area contributed by atoms with Gasteiger partial charge in [-0.05, 0) is 43.2 Å². The minimum atomic E-state index is -3.76. The first kappa shape index (κ1) is 20.9. The van der Waals surface area contributed by atoms with E-state index in [1.165, 1.54) is 34.6 Å². The van der Waals surface area contributed by atoms with E-state index >= 15 is 0 Å². The Morgan fingerprint density at radius 1 is 1.07 bits per heavy atom. The minimum Gasteiger partial charge on any atom is -0.478 e. The zero-order valence-electron chi connectivity index (χ0n) is 15.5. The van der Waals surface area contributed by atoms with Gasteiger partial charge in [-0.2, -0.15) is 4.31 Å². The number of carbonyl (C=O) groups excluding carboxylic acids is 1. The van der Waals surface area contributed by atoms with Gasteiger partial charge >= 0.3 is 5.97 Å². The molecule has 3 rings (SSSR count). The third-order valence-electron chi connectivity index (χ3n) is 4.97. The summed E-state index contributed by atoms with van der Waals surface area (Å²) in [6.07, 6.45) is 0.713. The van der Waals surface area contributed by atoms with Gasteiger partial charge in [-0.15, -0.1) is 0 Å². The lowest BCUT2D eigenvalue weighted by atomic mass is 9.97. The quantitative estimate of drug-likeness (QED) is 0.746. The van der Waals surface area contributed by atoms with E-state index in [0.717, 1.165) is 0 Å². The molecule has 1 aliphatic heterocycles. The second-order valence-electron chi connectivity index (χ2n) is 6.82. The maximum atomic E-state index is 13.6. The molecule has 0 atom stereocenters. The molecule has 1 amide bonds. The molecule has 1 aliphatic rings. The van der Waals surface area contributed by atoms with Gasteiger partial charge in [-0.25, -0.2) is 17.6 Å². The number of carboxylic acids is 1. The summed E-state index contributed by atoms with van der Waals surface area (Å²) in [5.74, 6) is -2.09. The van der Waals surface area contributed by atoms with Crippen molar-refractivity contribution in [2.45, 2.75) is 24.3 Å². The molecule has 1 fully saturated rings. The van der Waals surface area contributed by atoms with Crippen LogP contribution in [0.3, 0.4) is 0 Å². The molecule has 0 saturated carbocycles. The molecule has 2 aromatic carbocycles. The third-order valence-corrected chi connectivity index (χ3v) is 6.89. The van der Waals surface area contributed by atoms with Crippen LogP contribution in [-0.2, 0) is 21.4 Å². The molecule has 9 heteroatoms. The van der Waals surface area contributed by atoms with E-state index in [0.29, 0.717) is 18.4 Å². The van der Waals surface area contributed by atoms with Gasteiger partial charge in [-0.3, -0.25) is 4.79 Å². The predicted molar refractivity (Wildman–Crippen MR) is 103 cm³/mol. The number of piperidine rings is 1. The van der Waals surface area contributed by atoms with Crippen molar-refractivity contribution in [2.75, 3.05) is 13.1 Å². The van der Waals surface area contributed by atoms with Crippen molar-refractivity contribution in [3.05, 3.63) is 65.5 Å². The van der Waals surface area contributed by atoms with Crippen molar-refractivity contribution in [3.8, 4) is 0 Å². The summed E-state index contributed by atoms with van der Waals surface area (Å²) in [5.41, 5.74) is 0.403. The van der Waals surface area contributed by atoms with Crippen molar-refractivity contribution in [2.24, 2.45) is 5.92 Å². The van der Waals surface area contributed by atoms with Crippen molar-refractivity contribution in [1.82, 2.24) is 9.62 Å². The molecule has 29 heavy (non-hydrogen) atoms. The Hall–Kier alpha value is -2.78. The Bertz CT molecular complexity index is 1000. The summed E-state index contributed by atoms with van der Waals surface area (Å²) in [6, 6.07) is 11.2. The van der Waals surface area contributed by atoms with Crippen LogP contribution in [0.15, 0.2) is 53.4 Å². The van der Waals surface area contributed by atoms with Crippen molar-refractivity contribution in [1.29, 1.82) is 0 Å². The van der Waals surface area contributed by atoms with Gasteiger partial charge in [0.25, 0.3) is 0 Å². The fourth-order valence-electron chi connectivity index (χ4n) is 3.25. The molecule has 2 aromatic rings. The highest BCUT2D eigenvalue weighted by molar-refractivity contribution is 7.89. The van der Waals surface area contributed by atoms with Gasteiger partial charge in [0, 0.05) is 31.1 Å². The number of hydrogen-bond donors (Lipinski definition) is 2. The average molecular weight is 420 g/mol. The van der Waals surface area contributed by atoms with Crippen molar-refractivity contribution in [3.63, 3.8) is 0 Å². The molecule has 0 radical (unpaired) electrons. The lowest BCUT2D eigenvalue weighted by Gasteiger charge is -2.30. The maximum absolute atomic E-state index is 13.6. The van der Waals surface area contributed by atoms with E-state index in [-0.39, 0.29) is 47.7 Å². The second kappa shape index (κ2) is 8.71. The Balaban J connectivity index is 1.57. The van der Waals surface area contributed by atoms with E-state index in [1.807, 2.05) is 0 Å². The summed E-state index contributed by atoms with van der Waals surface area (Å²) in [5, 5.41) is 11.6. The molecule has 0 aliphatic carbocycles. The first-order chi connectivity index (χ1) is 13.8. The zero-order valence-corrected chi connectivity index (χ0v) is 16.4. The number of hydrogen-bond acceptors (Lipinski definition) is 4. The fraction of sp³-hybridized carbons (Fsp3) is 0.300. The summed E-state index contributed by atoms with van der Waals surface area (Å²) in [7, 11) is -3.76. The number of sulfonamides is 1. The van der Waals surface area contributed by atoms with Gasteiger partial charge in [0.2, 0.25) is 15.9 Å². The number of halogens is 1. The average Bonchev–Trinajstić information content (AvgIpc) is 2.73. The lowest BCUT2D eigenvalue weighted by Crippen LogP contribution is -2.42. The van der Waals surface area contributed by atoms with Gasteiger partial charge in [-0.1, -0.05) is 18.2 Å². The smallest absolute Gasteiger partial charge is 0.335 e. The standard InChI is InChI=1S/C20H21FN2O5S/c21-18-4-2-1-3-16(18)13-22-19(24)14-9-11-23(12-10-14)29(27,28)17-7-5-15(6-8-17)20(25)26/h1-8,14H,9-13H2,(H,22,24)(H,25,26). The Morgan fingerprint density at radius 3 is 2.28 bits per heavy atom. The minimum absolute atomic E-state index is 0.00850.